The van der Waals surface area contributed by atoms with E-state index in [2.05, 4.69) is 13.0 Å². The van der Waals surface area contributed by atoms with Gasteiger partial charge in [-0.15, -0.1) is 11.3 Å². The minimum Gasteiger partial charge on any atom is -0.332 e. The molecule has 6 heteroatoms. The van der Waals surface area contributed by atoms with Gasteiger partial charge in [-0.25, -0.2) is 0 Å². The summed E-state index contributed by atoms with van der Waals surface area (Å²) >= 11 is 7.72. The number of thiophene rings is 1. The molecule has 31 heavy (non-hydrogen) atoms. The van der Waals surface area contributed by atoms with E-state index in [4.69, 9.17) is 11.6 Å². The lowest BCUT2D eigenvalue weighted by atomic mass is 10.1. The first-order valence-electron chi connectivity index (χ1n) is 10.4. The van der Waals surface area contributed by atoms with Gasteiger partial charge in [0.05, 0.1) is 6.54 Å². The van der Waals surface area contributed by atoms with Crippen LogP contribution in [-0.4, -0.2) is 34.7 Å². The third-order valence-electron chi connectivity index (χ3n) is 5.05. The molecule has 0 aliphatic carbocycles. The Balaban J connectivity index is 1.80. The summed E-state index contributed by atoms with van der Waals surface area (Å²) in [5.74, 6) is -0.245. The van der Waals surface area contributed by atoms with Crippen molar-refractivity contribution in [2.45, 2.75) is 33.4 Å². The molecule has 1 aromatic heterocycles. The monoisotopic (exact) mass is 454 g/mol. The fraction of sp³-hybridized carbons (Fsp3) is 0.280. The molecular formula is C25H27ClN2O2S. The molecule has 3 rings (SSSR count). The number of rotatable bonds is 9. The van der Waals surface area contributed by atoms with E-state index >= 15 is 0 Å². The van der Waals surface area contributed by atoms with Crippen molar-refractivity contribution in [3.63, 3.8) is 0 Å². The molecule has 0 atom stereocenters. The number of hydrogen-bond acceptors (Lipinski definition) is 3. The van der Waals surface area contributed by atoms with E-state index < -0.39 is 0 Å². The molecular weight excluding hydrogens is 428 g/mol. The average molecular weight is 455 g/mol. The van der Waals surface area contributed by atoms with E-state index in [0.717, 1.165) is 16.9 Å². The summed E-state index contributed by atoms with van der Waals surface area (Å²) < 4.78 is 0. The molecule has 0 unspecified atom stereocenters. The van der Waals surface area contributed by atoms with Gasteiger partial charge in [0, 0.05) is 28.6 Å². The van der Waals surface area contributed by atoms with Crippen molar-refractivity contribution in [3.05, 3.63) is 92.6 Å². The average Bonchev–Trinajstić information content (AvgIpc) is 3.17. The van der Waals surface area contributed by atoms with Gasteiger partial charge in [-0.05, 0) is 54.1 Å². The SMILES string of the molecule is CCCN(CC(=O)N(Cc1ccccc1)Cc1sccc1C)C(=O)c1cccc(Cl)c1. The summed E-state index contributed by atoms with van der Waals surface area (Å²) in [4.78, 5) is 31.1. The molecule has 0 N–H and O–H groups in total. The van der Waals surface area contributed by atoms with E-state index in [1.807, 2.05) is 47.5 Å². The maximum absolute atomic E-state index is 13.4. The van der Waals surface area contributed by atoms with Crippen molar-refractivity contribution >= 4 is 34.8 Å². The van der Waals surface area contributed by atoms with Crippen molar-refractivity contribution in [2.24, 2.45) is 0 Å². The van der Waals surface area contributed by atoms with Gasteiger partial charge in [0.25, 0.3) is 5.91 Å². The Morgan fingerprint density at radius 2 is 1.74 bits per heavy atom. The molecule has 0 saturated heterocycles. The molecule has 2 amide bonds. The topological polar surface area (TPSA) is 40.6 Å². The van der Waals surface area contributed by atoms with Crippen molar-refractivity contribution in [1.82, 2.24) is 9.80 Å². The highest BCUT2D eigenvalue weighted by atomic mass is 35.5. The standard InChI is InChI=1S/C25H27ClN2O2S/c1-3-13-27(25(30)21-10-7-11-22(26)15-21)18-24(29)28(16-20-8-5-4-6-9-20)17-23-19(2)12-14-31-23/h4-12,14-15H,3,13,16-18H2,1-2H3. The molecule has 4 nitrogen and oxygen atoms in total. The Hall–Kier alpha value is -2.63. The first kappa shape index (κ1) is 23.0. The van der Waals surface area contributed by atoms with E-state index in [0.29, 0.717) is 30.2 Å². The third-order valence-corrected chi connectivity index (χ3v) is 6.29. The number of hydrogen-bond donors (Lipinski definition) is 0. The van der Waals surface area contributed by atoms with Crippen LogP contribution in [0.2, 0.25) is 5.02 Å². The van der Waals surface area contributed by atoms with Crippen LogP contribution in [0, 0.1) is 6.92 Å². The number of carbonyl (C=O) groups excluding carboxylic acids is 2. The summed E-state index contributed by atoms with van der Waals surface area (Å²) in [6, 6.07) is 18.9. The molecule has 0 radical (unpaired) electrons. The molecule has 2 aromatic carbocycles. The number of halogens is 1. The fourth-order valence-corrected chi connectivity index (χ4v) is 4.48. The van der Waals surface area contributed by atoms with E-state index in [1.54, 1.807) is 40.5 Å². The summed E-state index contributed by atoms with van der Waals surface area (Å²) in [5.41, 5.74) is 2.74. The van der Waals surface area contributed by atoms with Crippen molar-refractivity contribution in [2.75, 3.05) is 13.1 Å². The molecule has 0 fully saturated rings. The molecule has 0 bridgehead atoms. The second-order valence-corrected chi connectivity index (χ2v) is 8.94. The van der Waals surface area contributed by atoms with Crippen LogP contribution in [0.4, 0.5) is 0 Å². The minimum atomic E-state index is -0.176. The van der Waals surface area contributed by atoms with Gasteiger partial charge in [0.1, 0.15) is 6.54 Å². The first-order chi connectivity index (χ1) is 15.0. The Morgan fingerprint density at radius 3 is 2.39 bits per heavy atom. The molecule has 0 saturated carbocycles. The van der Waals surface area contributed by atoms with Crippen LogP contribution in [-0.2, 0) is 17.9 Å². The zero-order valence-corrected chi connectivity index (χ0v) is 19.5. The van der Waals surface area contributed by atoms with Gasteiger partial charge in [-0.2, -0.15) is 0 Å². The number of benzene rings is 2. The zero-order chi connectivity index (χ0) is 22.2. The fourth-order valence-electron chi connectivity index (χ4n) is 3.37. The van der Waals surface area contributed by atoms with Crippen LogP contribution >= 0.6 is 22.9 Å². The Morgan fingerprint density at radius 1 is 0.968 bits per heavy atom. The van der Waals surface area contributed by atoms with E-state index in [1.165, 1.54) is 5.56 Å². The highest BCUT2D eigenvalue weighted by Crippen LogP contribution is 2.20. The van der Waals surface area contributed by atoms with Crippen LogP contribution in [0.1, 0.15) is 39.7 Å². The zero-order valence-electron chi connectivity index (χ0n) is 17.9. The van der Waals surface area contributed by atoms with Gasteiger partial charge in [0.2, 0.25) is 5.91 Å². The Bertz CT molecular complexity index is 1020. The van der Waals surface area contributed by atoms with Gasteiger partial charge in [-0.1, -0.05) is 54.9 Å². The maximum atomic E-state index is 13.4. The molecule has 0 spiro atoms. The second kappa shape index (κ2) is 11.1. The number of nitrogens with zero attached hydrogens (tertiary/aromatic N) is 2. The van der Waals surface area contributed by atoms with Crippen LogP contribution in [0.25, 0.3) is 0 Å². The van der Waals surface area contributed by atoms with Crippen LogP contribution in [0.15, 0.2) is 66.0 Å². The third kappa shape index (κ3) is 6.42. The lowest BCUT2D eigenvalue weighted by Gasteiger charge is -2.28. The number of carbonyl (C=O) groups is 2. The van der Waals surface area contributed by atoms with E-state index in [9.17, 15) is 9.59 Å². The minimum absolute atomic E-state index is 0.0381. The summed E-state index contributed by atoms with van der Waals surface area (Å²) in [6.07, 6.45) is 0.766. The van der Waals surface area contributed by atoms with Crippen LogP contribution < -0.4 is 0 Å². The number of amides is 2. The van der Waals surface area contributed by atoms with Crippen LogP contribution in [0.5, 0.6) is 0 Å². The highest BCUT2D eigenvalue weighted by molar-refractivity contribution is 7.10. The molecule has 3 aromatic rings. The van der Waals surface area contributed by atoms with Gasteiger partial charge in [0.15, 0.2) is 0 Å². The largest absolute Gasteiger partial charge is 0.332 e. The van der Waals surface area contributed by atoms with Gasteiger partial charge in [-0.3, -0.25) is 9.59 Å². The smallest absolute Gasteiger partial charge is 0.254 e. The Kier molecular flexibility index (Phi) is 8.27. The summed E-state index contributed by atoms with van der Waals surface area (Å²) in [5, 5.41) is 2.55. The van der Waals surface area contributed by atoms with Gasteiger partial charge >= 0.3 is 0 Å². The number of aryl methyl sites for hydroxylation is 1. The predicted molar refractivity (Wildman–Crippen MR) is 127 cm³/mol. The quantitative estimate of drug-likeness (QED) is 0.410. The van der Waals surface area contributed by atoms with Gasteiger partial charge < -0.3 is 9.80 Å². The second-order valence-electron chi connectivity index (χ2n) is 7.50. The lowest BCUT2D eigenvalue weighted by molar-refractivity contribution is -0.133. The predicted octanol–water partition coefficient (Wildman–Crippen LogP) is 5.79. The Labute approximate surface area is 193 Å². The molecule has 1 heterocycles. The van der Waals surface area contributed by atoms with Crippen molar-refractivity contribution in [1.29, 1.82) is 0 Å². The van der Waals surface area contributed by atoms with E-state index in [-0.39, 0.29) is 18.4 Å². The molecule has 0 aliphatic rings. The summed E-state index contributed by atoms with van der Waals surface area (Å²) in [6.45, 7) is 5.64. The molecule has 0 aliphatic heterocycles. The van der Waals surface area contributed by atoms with Crippen molar-refractivity contribution < 1.29 is 9.59 Å². The maximum Gasteiger partial charge on any atom is 0.254 e. The lowest BCUT2D eigenvalue weighted by Crippen LogP contribution is -2.42. The van der Waals surface area contributed by atoms with Crippen LogP contribution in [0.3, 0.4) is 0 Å². The van der Waals surface area contributed by atoms with Crippen molar-refractivity contribution in [3.8, 4) is 0 Å². The highest BCUT2D eigenvalue weighted by Gasteiger charge is 2.23. The first-order valence-corrected chi connectivity index (χ1v) is 11.6. The molecule has 162 valence electrons. The normalized spacial score (nSPS) is 10.7. The summed E-state index contributed by atoms with van der Waals surface area (Å²) in [7, 11) is 0.